The Hall–Kier alpha value is -3.03. The summed E-state index contributed by atoms with van der Waals surface area (Å²) in [5.74, 6) is 1.53. The molecule has 8 heteroatoms. The maximum Gasteiger partial charge on any atom is 0.159 e. The average molecular weight is 467 g/mol. The van der Waals surface area contributed by atoms with E-state index in [4.69, 9.17) is 16.3 Å². The van der Waals surface area contributed by atoms with Gasteiger partial charge in [-0.1, -0.05) is 17.7 Å². The van der Waals surface area contributed by atoms with Gasteiger partial charge in [0.15, 0.2) is 5.78 Å². The highest BCUT2D eigenvalue weighted by molar-refractivity contribution is 6.31. The van der Waals surface area contributed by atoms with E-state index >= 15 is 0 Å². The van der Waals surface area contributed by atoms with E-state index in [-0.39, 0.29) is 17.2 Å². The lowest BCUT2D eigenvalue weighted by Crippen LogP contribution is -2.23. The number of hydrogen-bond acceptors (Lipinski definition) is 6. The molecule has 2 fully saturated rings. The van der Waals surface area contributed by atoms with Crippen molar-refractivity contribution in [3.05, 3.63) is 65.2 Å². The van der Waals surface area contributed by atoms with Gasteiger partial charge in [-0.3, -0.25) is 9.69 Å². The predicted octanol–water partition coefficient (Wildman–Crippen LogP) is 4.94. The van der Waals surface area contributed by atoms with Gasteiger partial charge < -0.3 is 10.1 Å². The van der Waals surface area contributed by atoms with Crippen LogP contribution < -0.4 is 10.1 Å². The van der Waals surface area contributed by atoms with Gasteiger partial charge in [-0.05, 0) is 55.6 Å². The highest BCUT2D eigenvalue weighted by Crippen LogP contribution is 2.44. The van der Waals surface area contributed by atoms with Crippen LogP contribution in [0.4, 0.5) is 15.9 Å². The van der Waals surface area contributed by atoms with Gasteiger partial charge in [-0.2, -0.15) is 0 Å². The van der Waals surface area contributed by atoms with Gasteiger partial charge in [0.1, 0.15) is 23.7 Å². The van der Waals surface area contributed by atoms with E-state index in [1.807, 2.05) is 12.1 Å². The first-order valence-electron chi connectivity index (χ1n) is 11.0. The van der Waals surface area contributed by atoms with Crippen LogP contribution in [0.5, 0.6) is 5.75 Å². The van der Waals surface area contributed by atoms with Crippen LogP contribution in [0.2, 0.25) is 5.02 Å². The Morgan fingerprint density at radius 3 is 2.94 bits per heavy atom. The number of likely N-dealkylation sites (tertiary alicyclic amines) is 1. The van der Waals surface area contributed by atoms with E-state index in [0.717, 1.165) is 36.0 Å². The van der Waals surface area contributed by atoms with Crippen LogP contribution in [-0.4, -0.2) is 46.9 Å². The number of nitrogens with one attached hydrogen (secondary N) is 1. The molecule has 1 N–H and O–H groups in total. The molecule has 2 unspecified atom stereocenters. The first kappa shape index (κ1) is 21.8. The molecule has 2 aliphatic rings. The summed E-state index contributed by atoms with van der Waals surface area (Å²) >= 11 is 5.90. The number of halogens is 2. The van der Waals surface area contributed by atoms with Crippen molar-refractivity contribution in [2.45, 2.75) is 25.3 Å². The maximum atomic E-state index is 13.5. The van der Waals surface area contributed by atoms with Crippen LogP contribution >= 0.6 is 11.6 Å². The molecule has 1 aromatic heterocycles. The molecule has 170 valence electrons. The van der Waals surface area contributed by atoms with Crippen molar-refractivity contribution in [3.8, 4) is 5.75 Å². The zero-order valence-corrected chi connectivity index (χ0v) is 19.0. The van der Waals surface area contributed by atoms with Crippen LogP contribution in [0.15, 0.2) is 48.8 Å². The van der Waals surface area contributed by atoms with E-state index in [1.165, 1.54) is 31.3 Å². The highest BCUT2D eigenvalue weighted by Gasteiger charge is 2.45. The summed E-state index contributed by atoms with van der Waals surface area (Å²) in [6, 6.07) is 8.75. The van der Waals surface area contributed by atoms with Gasteiger partial charge in [-0.15, -0.1) is 0 Å². The second kappa shape index (κ2) is 9.08. The third kappa shape index (κ3) is 4.70. The van der Waals surface area contributed by atoms with Crippen LogP contribution in [-0.2, 0) is 11.2 Å². The summed E-state index contributed by atoms with van der Waals surface area (Å²) in [6.45, 7) is 1.95. The molecule has 2 heterocycles. The van der Waals surface area contributed by atoms with Crippen LogP contribution in [0.1, 0.15) is 18.4 Å². The molecular formula is C25H24ClFN4O2. The fourth-order valence-corrected chi connectivity index (χ4v) is 4.73. The lowest BCUT2D eigenvalue weighted by Gasteiger charge is -2.14. The first-order valence-corrected chi connectivity index (χ1v) is 11.4. The van der Waals surface area contributed by atoms with Gasteiger partial charge in [0.2, 0.25) is 0 Å². The van der Waals surface area contributed by atoms with Gasteiger partial charge in [0, 0.05) is 41.7 Å². The molecule has 2 atom stereocenters. The quantitative estimate of drug-likeness (QED) is 0.474. The zero-order chi connectivity index (χ0) is 22.9. The molecule has 1 aliphatic heterocycles. The fourth-order valence-electron chi connectivity index (χ4n) is 4.55. The van der Waals surface area contributed by atoms with E-state index in [0.29, 0.717) is 22.8 Å². The molecule has 3 aromatic rings. The number of carbonyl (C=O) groups is 1. The van der Waals surface area contributed by atoms with Crippen molar-refractivity contribution >= 4 is 39.8 Å². The zero-order valence-electron chi connectivity index (χ0n) is 18.2. The van der Waals surface area contributed by atoms with E-state index < -0.39 is 5.82 Å². The lowest BCUT2D eigenvalue weighted by molar-refractivity contribution is -0.114. The Labute approximate surface area is 196 Å². The number of fused-ring (bicyclic) bond motifs is 2. The number of allylic oxidation sites excluding steroid dienone is 1. The summed E-state index contributed by atoms with van der Waals surface area (Å²) < 4.78 is 19.0. The minimum atomic E-state index is -0.491. The number of benzene rings is 2. The number of aromatic nitrogens is 2. The average Bonchev–Trinajstić information content (AvgIpc) is 3.48. The van der Waals surface area contributed by atoms with Gasteiger partial charge in [-0.25, -0.2) is 14.4 Å². The smallest absolute Gasteiger partial charge is 0.159 e. The van der Waals surface area contributed by atoms with Crippen LogP contribution in [0.25, 0.3) is 10.9 Å². The number of methoxy groups -OCH3 is 1. The van der Waals surface area contributed by atoms with Crippen molar-refractivity contribution in [2.24, 2.45) is 5.92 Å². The number of rotatable bonds is 8. The SMILES string of the molecule is COc1cc2ncnc(Nc3ccc(F)c(Cl)c3)c2cc1CC(=O)/C=C/CN1CCC2CC21. The molecule has 1 saturated carbocycles. The fraction of sp³-hybridized carbons (Fsp3) is 0.320. The number of carbonyl (C=O) groups excluding carboxylic acids is 1. The monoisotopic (exact) mass is 466 g/mol. The first-order chi connectivity index (χ1) is 16.0. The second-order valence-electron chi connectivity index (χ2n) is 8.55. The van der Waals surface area contributed by atoms with Crippen molar-refractivity contribution in [2.75, 3.05) is 25.5 Å². The number of nitrogens with zero attached hydrogens (tertiary/aromatic N) is 3. The maximum absolute atomic E-state index is 13.5. The molecule has 2 aromatic carbocycles. The number of piperidine rings is 1. The Morgan fingerprint density at radius 2 is 2.21 bits per heavy atom. The molecule has 5 rings (SSSR count). The number of hydrogen-bond donors (Lipinski definition) is 1. The van der Waals surface area contributed by atoms with E-state index in [1.54, 1.807) is 25.3 Å². The Bertz CT molecular complexity index is 1250. The topological polar surface area (TPSA) is 67.4 Å². The third-order valence-electron chi connectivity index (χ3n) is 6.37. The van der Waals surface area contributed by atoms with E-state index in [9.17, 15) is 9.18 Å². The second-order valence-corrected chi connectivity index (χ2v) is 8.96. The molecule has 0 amide bonds. The largest absolute Gasteiger partial charge is 0.496 e. The minimum Gasteiger partial charge on any atom is -0.496 e. The molecule has 0 bridgehead atoms. The molecule has 6 nitrogen and oxygen atoms in total. The van der Waals surface area contributed by atoms with Crippen LogP contribution in [0.3, 0.4) is 0 Å². The van der Waals surface area contributed by atoms with Crippen molar-refractivity contribution in [3.63, 3.8) is 0 Å². The standard InChI is InChI=1S/C25H24ClFN4O2/c1-33-24-13-22-19(25(29-14-28-22)30-17-4-5-21(27)20(26)12-17)10-16(24)9-18(32)3-2-7-31-8-6-15-11-23(15)31/h2-5,10,12-15,23H,6-9,11H2,1H3,(H,28,29,30)/b3-2+. The normalized spacial score (nSPS) is 19.7. The molecule has 33 heavy (non-hydrogen) atoms. The number of ketones is 1. The summed E-state index contributed by atoms with van der Waals surface area (Å²) in [5, 5.41) is 3.90. The summed E-state index contributed by atoms with van der Waals surface area (Å²) in [6.07, 6.45) is 7.86. The van der Waals surface area contributed by atoms with Gasteiger partial charge in [0.25, 0.3) is 0 Å². The van der Waals surface area contributed by atoms with Gasteiger partial charge in [0.05, 0.1) is 17.6 Å². The van der Waals surface area contributed by atoms with Crippen LogP contribution in [0, 0.1) is 11.7 Å². The molecule has 1 aliphatic carbocycles. The summed E-state index contributed by atoms with van der Waals surface area (Å²) in [4.78, 5) is 23.8. The Kier molecular flexibility index (Phi) is 6.00. The molecular weight excluding hydrogens is 443 g/mol. The predicted molar refractivity (Wildman–Crippen MR) is 127 cm³/mol. The highest BCUT2D eigenvalue weighted by atomic mass is 35.5. The van der Waals surface area contributed by atoms with Crippen molar-refractivity contribution in [1.29, 1.82) is 0 Å². The van der Waals surface area contributed by atoms with E-state index in [2.05, 4.69) is 20.2 Å². The van der Waals surface area contributed by atoms with Crippen molar-refractivity contribution in [1.82, 2.24) is 14.9 Å². The Morgan fingerprint density at radius 1 is 1.33 bits per heavy atom. The van der Waals surface area contributed by atoms with Gasteiger partial charge >= 0.3 is 0 Å². The minimum absolute atomic E-state index is 0.0101. The lowest BCUT2D eigenvalue weighted by atomic mass is 10.0. The number of ether oxygens (including phenoxy) is 1. The summed E-state index contributed by atoms with van der Waals surface area (Å²) in [5.41, 5.74) is 2.01. The Balaban J connectivity index is 1.36. The number of anilines is 2. The molecule has 0 radical (unpaired) electrons. The van der Waals surface area contributed by atoms with Crippen molar-refractivity contribution < 1.29 is 13.9 Å². The molecule has 1 saturated heterocycles. The summed E-state index contributed by atoms with van der Waals surface area (Å²) in [7, 11) is 1.57. The molecule has 0 spiro atoms. The third-order valence-corrected chi connectivity index (χ3v) is 6.66.